The van der Waals surface area contributed by atoms with E-state index in [4.69, 9.17) is 0 Å². The molecule has 4 rings (SSSR count). The van der Waals surface area contributed by atoms with E-state index >= 15 is 0 Å². The molecule has 5 heteroatoms. The number of fused-ring (bicyclic) bond motifs is 1. The maximum Gasteiger partial charge on any atom is 0.243 e. The topological polar surface area (TPSA) is 42.3 Å². The van der Waals surface area contributed by atoms with Crippen LogP contribution in [0, 0.1) is 0 Å². The Labute approximate surface area is 161 Å². The second-order valence-corrected chi connectivity index (χ2v) is 9.33. The molecule has 27 heavy (non-hydrogen) atoms. The Hall–Kier alpha value is -2.11. The maximum atomic E-state index is 13.0. The Kier molecular flexibility index (Phi) is 4.82. The molecule has 4 nitrogen and oxygen atoms in total. The smallest absolute Gasteiger partial charge is 0.243 e. The number of nitrogens with zero attached hydrogens (tertiary/aromatic N) is 2. The number of aryl methyl sites for hydroxylation is 2. The highest BCUT2D eigenvalue weighted by Gasteiger charge is 2.30. The number of benzene rings is 2. The molecule has 142 valence electrons. The summed E-state index contributed by atoms with van der Waals surface area (Å²) in [5.74, 6) is 0.407. The SMILES string of the molecule is CCc1ccc(S(=O)(=O)N2CCC(c3cn(C)c4ccccc34)CC2)cc1. The molecule has 1 aliphatic rings. The summed E-state index contributed by atoms with van der Waals surface area (Å²) < 4.78 is 29.8. The van der Waals surface area contributed by atoms with E-state index in [-0.39, 0.29) is 0 Å². The molecule has 0 unspecified atom stereocenters. The predicted octanol–water partition coefficient (Wildman–Crippen LogP) is 4.31. The van der Waals surface area contributed by atoms with Gasteiger partial charge in [-0.05, 0) is 54.5 Å². The minimum absolute atomic E-state index is 0.406. The van der Waals surface area contributed by atoms with E-state index in [1.807, 2.05) is 12.1 Å². The summed E-state index contributed by atoms with van der Waals surface area (Å²) in [4.78, 5) is 0.406. The molecule has 0 aliphatic carbocycles. The van der Waals surface area contributed by atoms with E-state index in [2.05, 4.69) is 49.0 Å². The molecular weight excluding hydrogens is 356 g/mol. The van der Waals surface area contributed by atoms with Gasteiger partial charge >= 0.3 is 0 Å². The third kappa shape index (κ3) is 3.30. The van der Waals surface area contributed by atoms with Crippen LogP contribution >= 0.6 is 0 Å². The van der Waals surface area contributed by atoms with Crippen molar-refractivity contribution in [2.45, 2.75) is 37.0 Å². The van der Waals surface area contributed by atoms with Gasteiger partial charge in [0.2, 0.25) is 10.0 Å². The van der Waals surface area contributed by atoms with Crippen molar-refractivity contribution < 1.29 is 8.42 Å². The highest BCUT2D eigenvalue weighted by molar-refractivity contribution is 7.89. The van der Waals surface area contributed by atoms with Gasteiger partial charge in [0.05, 0.1) is 4.90 Å². The van der Waals surface area contributed by atoms with Gasteiger partial charge in [-0.2, -0.15) is 4.31 Å². The fourth-order valence-corrected chi connectivity index (χ4v) is 5.62. The fourth-order valence-electron chi connectivity index (χ4n) is 4.15. The Bertz CT molecular complexity index is 1040. The minimum atomic E-state index is -3.40. The van der Waals surface area contributed by atoms with Crippen LogP contribution in [0.1, 0.15) is 36.8 Å². The molecule has 2 aromatic carbocycles. The molecule has 0 N–H and O–H groups in total. The third-order valence-corrected chi connectivity index (χ3v) is 7.70. The average molecular weight is 383 g/mol. The molecule has 1 aromatic heterocycles. The molecule has 1 fully saturated rings. The zero-order valence-electron chi connectivity index (χ0n) is 15.9. The minimum Gasteiger partial charge on any atom is -0.350 e. The van der Waals surface area contributed by atoms with Crippen LogP contribution in [0.25, 0.3) is 10.9 Å². The lowest BCUT2D eigenvalue weighted by Crippen LogP contribution is -2.37. The zero-order chi connectivity index (χ0) is 19.0. The normalized spacial score (nSPS) is 16.8. The van der Waals surface area contributed by atoms with E-state index in [1.54, 1.807) is 16.4 Å². The molecule has 0 atom stereocenters. The molecular formula is C22H26N2O2S. The highest BCUT2D eigenvalue weighted by atomic mass is 32.2. The molecule has 0 saturated carbocycles. The van der Waals surface area contributed by atoms with E-state index in [0.717, 1.165) is 24.8 Å². The maximum absolute atomic E-state index is 13.0. The van der Waals surface area contributed by atoms with Crippen molar-refractivity contribution in [1.29, 1.82) is 0 Å². The highest BCUT2D eigenvalue weighted by Crippen LogP contribution is 2.35. The van der Waals surface area contributed by atoms with Crippen LogP contribution in [0.15, 0.2) is 59.6 Å². The molecule has 0 spiro atoms. The van der Waals surface area contributed by atoms with Gasteiger partial charge in [-0.1, -0.05) is 37.3 Å². The van der Waals surface area contributed by atoms with Gasteiger partial charge in [0.1, 0.15) is 0 Å². The summed E-state index contributed by atoms with van der Waals surface area (Å²) in [5.41, 5.74) is 3.74. The van der Waals surface area contributed by atoms with Crippen molar-refractivity contribution in [3.8, 4) is 0 Å². The van der Waals surface area contributed by atoms with Crippen molar-refractivity contribution in [1.82, 2.24) is 8.87 Å². The van der Waals surface area contributed by atoms with Crippen LogP contribution in [0.2, 0.25) is 0 Å². The van der Waals surface area contributed by atoms with Gasteiger partial charge in [0, 0.05) is 37.2 Å². The molecule has 3 aromatic rings. The Morgan fingerprint density at radius 1 is 1.00 bits per heavy atom. The first-order chi connectivity index (χ1) is 13.0. The summed E-state index contributed by atoms with van der Waals surface area (Å²) in [6.45, 7) is 3.22. The first-order valence-electron chi connectivity index (χ1n) is 9.63. The van der Waals surface area contributed by atoms with E-state index in [9.17, 15) is 8.42 Å². The summed E-state index contributed by atoms with van der Waals surface area (Å²) >= 11 is 0. The molecule has 1 aliphatic heterocycles. The van der Waals surface area contributed by atoms with Crippen molar-refractivity contribution in [3.63, 3.8) is 0 Å². The number of para-hydroxylation sites is 1. The van der Waals surface area contributed by atoms with Gasteiger partial charge < -0.3 is 4.57 Å². The summed E-state index contributed by atoms with van der Waals surface area (Å²) in [6, 6.07) is 15.7. The Balaban J connectivity index is 1.52. The van der Waals surface area contributed by atoms with Crippen LogP contribution < -0.4 is 0 Å². The lowest BCUT2D eigenvalue weighted by molar-refractivity contribution is 0.320. The van der Waals surface area contributed by atoms with Gasteiger partial charge in [-0.15, -0.1) is 0 Å². The summed E-state index contributed by atoms with van der Waals surface area (Å²) in [7, 11) is -1.33. The summed E-state index contributed by atoms with van der Waals surface area (Å²) in [5, 5.41) is 1.29. The Morgan fingerprint density at radius 3 is 2.33 bits per heavy atom. The predicted molar refractivity (Wildman–Crippen MR) is 109 cm³/mol. The standard InChI is InChI=1S/C22H26N2O2S/c1-3-17-8-10-19(11-9-17)27(25,26)24-14-12-18(13-15-24)21-16-23(2)22-7-5-4-6-20(21)22/h4-11,16,18H,3,12-15H2,1-2H3. The quantitative estimate of drug-likeness (QED) is 0.675. The van der Waals surface area contributed by atoms with Crippen LogP contribution in [-0.2, 0) is 23.5 Å². The largest absolute Gasteiger partial charge is 0.350 e. The van der Waals surface area contributed by atoms with E-state index in [1.165, 1.54) is 16.5 Å². The van der Waals surface area contributed by atoms with Crippen LogP contribution in [0.3, 0.4) is 0 Å². The van der Waals surface area contributed by atoms with Gasteiger partial charge in [-0.25, -0.2) is 8.42 Å². The van der Waals surface area contributed by atoms with Crippen molar-refractivity contribution in [2.24, 2.45) is 7.05 Å². The second kappa shape index (κ2) is 7.13. The summed E-state index contributed by atoms with van der Waals surface area (Å²) in [6.07, 6.45) is 4.85. The van der Waals surface area contributed by atoms with Gasteiger partial charge in [0.25, 0.3) is 0 Å². The van der Waals surface area contributed by atoms with E-state index in [0.29, 0.717) is 23.9 Å². The number of aromatic nitrogens is 1. The molecule has 0 radical (unpaired) electrons. The molecule has 1 saturated heterocycles. The molecule has 0 bridgehead atoms. The number of sulfonamides is 1. The van der Waals surface area contributed by atoms with Crippen LogP contribution in [0.4, 0.5) is 0 Å². The van der Waals surface area contributed by atoms with Crippen molar-refractivity contribution in [2.75, 3.05) is 13.1 Å². The third-order valence-electron chi connectivity index (χ3n) is 5.79. The fraction of sp³-hybridized carbons (Fsp3) is 0.364. The zero-order valence-corrected chi connectivity index (χ0v) is 16.7. The van der Waals surface area contributed by atoms with Gasteiger partial charge in [0.15, 0.2) is 0 Å². The second-order valence-electron chi connectivity index (χ2n) is 7.39. The number of hydrogen-bond acceptors (Lipinski definition) is 2. The Morgan fingerprint density at radius 2 is 1.67 bits per heavy atom. The number of piperidine rings is 1. The van der Waals surface area contributed by atoms with Crippen LogP contribution in [0.5, 0.6) is 0 Å². The average Bonchev–Trinajstić information content (AvgIpc) is 3.05. The monoisotopic (exact) mass is 382 g/mol. The lowest BCUT2D eigenvalue weighted by Gasteiger charge is -2.31. The lowest BCUT2D eigenvalue weighted by atomic mass is 9.90. The first kappa shape index (κ1) is 18.3. The van der Waals surface area contributed by atoms with Gasteiger partial charge in [-0.3, -0.25) is 0 Å². The van der Waals surface area contributed by atoms with Crippen molar-refractivity contribution in [3.05, 3.63) is 65.9 Å². The molecule has 0 amide bonds. The first-order valence-corrected chi connectivity index (χ1v) is 11.1. The van der Waals surface area contributed by atoms with Crippen molar-refractivity contribution >= 4 is 20.9 Å². The number of hydrogen-bond donors (Lipinski definition) is 0. The number of rotatable bonds is 4. The molecule has 2 heterocycles. The van der Waals surface area contributed by atoms with E-state index < -0.39 is 10.0 Å². The van der Waals surface area contributed by atoms with Crippen LogP contribution in [-0.4, -0.2) is 30.4 Å².